The molecule has 0 fully saturated rings. The van der Waals surface area contributed by atoms with Gasteiger partial charge in [-0.3, -0.25) is 4.79 Å². The molecule has 0 heterocycles. The number of carbonyl (C=O) groups is 2. The van der Waals surface area contributed by atoms with Crippen LogP contribution in [0.1, 0.15) is 21.5 Å². The number of rotatable bonds is 7. The van der Waals surface area contributed by atoms with Crippen LogP contribution >= 0.6 is 0 Å². The Bertz CT molecular complexity index is 936. The van der Waals surface area contributed by atoms with E-state index in [1.54, 1.807) is 36.4 Å². The second-order valence-electron chi connectivity index (χ2n) is 6.25. The van der Waals surface area contributed by atoms with E-state index in [9.17, 15) is 9.59 Å². The average Bonchev–Trinajstić information content (AvgIpc) is 2.73. The van der Waals surface area contributed by atoms with Crippen LogP contribution in [0.3, 0.4) is 0 Å². The van der Waals surface area contributed by atoms with Gasteiger partial charge in [0.2, 0.25) is 0 Å². The molecule has 0 radical (unpaired) electrons. The second kappa shape index (κ2) is 9.37. The lowest BCUT2D eigenvalue weighted by Crippen LogP contribution is -2.28. The average molecular weight is 375 g/mol. The van der Waals surface area contributed by atoms with Crippen LogP contribution in [0.15, 0.2) is 78.9 Å². The maximum Gasteiger partial charge on any atom is 0.342 e. The van der Waals surface area contributed by atoms with E-state index in [1.165, 1.54) is 0 Å². The van der Waals surface area contributed by atoms with E-state index in [0.29, 0.717) is 18.0 Å². The summed E-state index contributed by atoms with van der Waals surface area (Å²) in [6.45, 7) is 2.02. The first-order chi connectivity index (χ1) is 13.6. The van der Waals surface area contributed by atoms with Crippen LogP contribution in [0, 0.1) is 6.92 Å². The van der Waals surface area contributed by atoms with E-state index >= 15 is 0 Å². The lowest BCUT2D eigenvalue weighted by Gasteiger charge is -2.11. The summed E-state index contributed by atoms with van der Waals surface area (Å²) in [5, 5.41) is 2.73. The van der Waals surface area contributed by atoms with Crippen molar-refractivity contribution in [2.75, 3.05) is 6.61 Å². The molecule has 0 spiro atoms. The van der Waals surface area contributed by atoms with E-state index in [1.807, 2.05) is 49.4 Å². The molecule has 0 saturated heterocycles. The highest BCUT2D eigenvalue weighted by Gasteiger charge is 2.15. The molecule has 1 N–H and O–H groups in total. The first kappa shape index (κ1) is 19.2. The number of hydrogen-bond acceptors (Lipinski definition) is 4. The van der Waals surface area contributed by atoms with Crippen molar-refractivity contribution in [1.82, 2.24) is 5.32 Å². The lowest BCUT2D eigenvalue weighted by molar-refractivity contribution is -0.124. The molecule has 28 heavy (non-hydrogen) atoms. The van der Waals surface area contributed by atoms with Crippen LogP contribution in [0.5, 0.6) is 11.5 Å². The number of hydrogen-bond donors (Lipinski definition) is 1. The monoisotopic (exact) mass is 375 g/mol. The number of carbonyl (C=O) groups excluding carboxylic acids is 2. The third-order valence-electron chi connectivity index (χ3n) is 4.02. The molecule has 0 aliphatic rings. The zero-order valence-electron chi connectivity index (χ0n) is 15.6. The Labute approximate surface area is 163 Å². The van der Waals surface area contributed by atoms with Crippen LogP contribution < -0.4 is 10.1 Å². The van der Waals surface area contributed by atoms with Crippen molar-refractivity contribution in [1.29, 1.82) is 0 Å². The number of aryl methyl sites for hydroxylation is 1. The summed E-state index contributed by atoms with van der Waals surface area (Å²) in [6, 6.07) is 23.8. The number of para-hydroxylation sites is 2. The summed E-state index contributed by atoms with van der Waals surface area (Å²) in [6.07, 6.45) is 0. The van der Waals surface area contributed by atoms with Gasteiger partial charge in [-0.05, 0) is 36.8 Å². The summed E-state index contributed by atoms with van der Waals surface area (Å²) in [4.78, 5) is 24.4. The fourth-order valence-electron chi connectivity index (χ4n) is 2.51. The molecule has 5 nitrogen and oxygen atoms in total. The maximum absolute atomic E-state index is 12.4. The normalized spacial score (nSPS) is 10.2. The molecular formula is C23H21NO4. The van der Waals surface area contributed by atoms with Gasteiger partial charge in [-0.15, -0.1) is 0 Å². The molecule has 0 saturated carbocycles. The quantitative estimate of drug-likeness (QED) is 0.627. The molecule has 5 heteroatoms. The van der Waals surface area contributed by atoms with Crippen LogP contribution in [0.25, 0.3) is 0 Å². The van der Waals surface area contributed by atoms with Gasteiger partial charge in [0, 0.05) is 6.54 Å². The minimum atomic E-state index is -0.614. The van der Waals surface area contributed by atoms with E-state index in [2.05, 4.69) is 5.32 Å². The predicted octanol–water partition coefficient (Wildman–Crippen LogP) is 4.26. The Morgan fingerprint density at radius 3 is 2.29 bits per heavy atom. The van der Waals surface area contributed by atoms with Crippen LogP contribution in [-0.4, -0.2) is 18.5 Å². The molecule has 0 aliphatic heterocycles. The number of amides is 1. The molecule has 0 unspecified atom stereocenters. The molecule has 0 aliphatic carbocycles. The van der Waals surface area contributed by atoms with Crippen LogP contribution in [0.4, 0.5) is 0 Å². The third-order valence-corrected chi connectivity index (χ3v) is 4.02. The van der Waals surface area contributed by atoms with Crippen molar-refractivity contribution in [3.05, 3.63) is 95.6 Å². The topological polar surface area (TPSA) is 64.6 Å². The smallest absolute Gasteiger partial charge is 0.342 e. The van der Waals surface area contributed by atoms with Gasteiger partial charge in [-0.25, -0.2) is 4.79 Å². The van der Waals surface area contributed by atoms with E-state index in [0.717, 1.165) is 11.1 Å². The van der Waals surface area contributed by atoms with Crippen molar-refractivity contribution < 1.29 is 19.1 Å². The lowest BCUT2D eigenvalue weighted by atomic mass is 10.1. The Kier molecular flexibility index (Phi) is 6.41. The molecule has 1 amide bonds. The van der Waals surface area contributed by atoms with Gasteiger partial charge in [0.1, 0.15) is 17.1 Å². The minimum Gasteiger partial charge on any atom is -0.456 e. The minimum absolute atomic E-state index is 0.262. The van der Waals surface area contributed by atoms with E-state index in [4.69, 9.17) is 9.47 Å². The molecule has 142 valence electrons. The van der Waals surface area contributed by atoms with Crippen LogP contribution in [0.2, 0.25) is 0 Å². The molecule has 0 atom stereocenters. The van der Waals surface area contributed by atoms with Gasteiger partial charge in [0.15, 0.2) is 6.61 Å². The highest BCUT2D eigenvalue weighted by Crippen LogP contribution is 2.25. The van der Waals surface area contributed by atoms with Crippen molar-refractivity contribution >= 4 is 11.9 Å². The SMILES string of the molecule is Cc1ccc(CNC(=O)COC(=O)c2ccccc2Oc2ccccc2)cc1. The van der Waals surface area contributed by atoms with Gasteiger partial charge >= 0.3 is 5.97 Å². The second-order valence-corrected chi connectivity index (χ2v) is 6.25. The molecule has 0 bridgehead atoms. The summed E-state index contributed by atoms with van der Waals surface area (Å²) in [7, 11) is 0. The Morgan fingerprint density at radius 1 is 0.857 bits per heavy atom. The standard InChI is InChI=1S/C23H21NO4/c1-17-11-13-18(14-12-17)15-24-22(25)16-27-23(26)20-9-5-6-10-21(20)28-19-7-3-2-4-8-19/h2-14H,15-16H2,1H3,(H,24,25). The van der Waals surface area contributed by atoms with Crippen molar-refractivity contribution in [2.45, 2.75) is 13.5 Å². The van der Waals surface area contributed by atoms with Crippen molar-refractivity contribution in [3.8, 4) is 11.5 Å². The van der Waals surface area contributed by atoms with Crippen molar-refractivity contribution in [3.63, 3.8) is 0 Å². The predicted molar refractivity (Wildman–Crippen MR) is 106 cm³/mol. The molecule has 3 aromatic carbocycles. The Hall–Kier alpha value is -3.60. The maximum atomic E-state index is 12.4. The Morgan fingerprint density at radius 2 is 1.54 bits per heavy atom. The number of nitrogens with one attached hydrogen (secondary N) is 1. The summed E-state index contributed by atoms with van der Waals surface area (Å²) >= 11 is 0. The van der Waals surface area contributed by atoms with Crippen molar-refractivity contribution in [2.24, 2.45) is 0 Å². The summed E-state index contributed by atoms with van der Waals surface area (Å²) < 4.78 is 10.9. The third kappa shape index (κ3) is 5.45. The Balaban J connectivity index is 1.54. The highest BCUT2D eigenvalue weighted by atomic mass is 16.5. The number of benzene rings is 3. The first-order valence-corrected chi connectivity index (χ1v) is 8.93. The highest BCUT2D eigenvalue weighted by molar-refractivity contribution is 5.94. The zero-order chi connectivity index (χ0) is 19.8. The summed E-state index contributed by atoms with van der Waals surface area (Å²) in [5.74, 6) is 0.00440. The molecule has 3 aromatic rings. The van der Waals surface area contributed by atoms with Crippen LogP contribution in [-0.2, 0) is 16.1 Å². The fraction of sp³-hybridized carbons (Fsp3) is 0.130. The molecule has 3 rings (SSSR count). The van der Waals surface area contributed by atoms with Gasteiger partial charge in [-0.1, -0.05) is 60.2 Å². The van der Waals surface area contributed by atoms with E-state index < -0.39 is 5.97 Å². The van der Waals surface area contributed by atoms with Gasteiger partial charge < -0.3 is 14.8 Å². The van der Waals surface area contributed by atoms with Gasteiger partial charge in [0.05, 0.1) is 0 Å². The van der Waals surface area contributed by atoms with Gasteiger partial charge in [0.25, 0.3) is 5.91 Å². The largest absolute Gasteiger partial charge is 0.456 e. The number of ether oxygens (including phenoxy) is 2. The zero-order valence-corrected chi connectivity index (χ0v) is 15.6. The fourth-order valence-corrected chi connectivity index (χ4v) is 2.51. The first-order valence-electron chi connectivity index (χ1n) is 8.93. The summed E-state index contributed by atoms with van der Waals surface area (Å²) in [5.41, 5.74) is 2.39. The molecular weight excluding hydrogens is 354 g/mol. The van der Waals surface area contributed by atoms with Gasteiger partial charge in [-0.2, -0.15) is 0 Å². The molecule has 0 aromatic heterocycles. The van der Waals surface area contributed by atoms with E-state index in [-0.39, 0.29) is 18.1 Å². The number of esters is 1.